The molecule has 0 bridgehead atoms. The van der Waals surface area contributed by atoms with Crippen LogP contribution in [0.5, 0.6) is 0 Å². The number of nitrogens with one attached hydrogen (secondary N) is 1. The van der Waals surface area contributed by atoms with Gasteiger partial charge in [-0.25, -0.2) is 26.7 Å². The van der Waals surface area contributed by atoms with E-state index in [9.17, 15) is 22.0 Å². The second-order valence-electron chi connectivity index (χ2n) is 3.89. The van der Waals surface area contributed by atoms with Gasteiger partial charge in [-0.2, -0.15) is 0 Å². The van der Waals surface area contributed by atoms with Crippen molar-refractivity contribution in [2.24, 2.45) is 0 Å². The molecule has 0 radical (unpaired) electrons. The molecule has 0 fully saturated rings. The highest BCUT2D eigenvalue weighted by atomic mass is 35.5. The third-order valence-corrected chi connectivity index (χ3v) is 4.32. The van der Waals surface area contributed by atoms with Crippen molar-refractivity contribution in [1.82, 2.24) is 4.72 Å². The average Bonchev–Trinajstić information content (AvgIpc) is 2.44. The number of hydrogen-bond donors (Lipinski definition) is 2. The van der Waals surface area contributed by atoms with Gasteiger partial charge in [0.25, 0.3) is 6.43 Å². The summed E-state index contributed by atoms with van der Waals surface area (Å²) in [4.78, 5) is 10.9. The van der Waals surface area contributed by atoms with E-state index >= 15 is 0 Å². The van der Waals surface area contributed by atoms with Crippen molar-refractivity contribution in [3.8, 4) is 0 Å². The molecule has 6 nitrogen and oxygen atoms in total. The number of ether oxygens (including phenoxy) is 1. The Hall–Kier alpha value is -1.29. The first-order chi connectivity index (χ1) is 9.69. The lowest BCUT2D eigenvalue weighted by Crippen LogP contribution is -2.36. The Morgan fingerprint density at radius 1 is 1.48 bits per heavy atom. The zero-order chi connectivity index (χ0) is 16.2. The van der Waals surface area contributed by atoms with Gasteiger partial charge >= 0.3 is 5.97 Å². The van der Waals surface area contributed by atoms with Crippen molar-refractivity contribution >= 4 is 27.6 Å². The highest BCUT2D eigenvalue weighted by molar-refractivity contribution is 7.89. The number of sulfonamides is 1. The first-order valence-electron chi connectivity index (χ1n) is 5.52. The van der Waals surface area contributed by atoms with Crippen LogP contribution in [0.2, 0.25) is 5.02 Å². The quantitative estimate of drug-likeness (QED) is 0.753. The third kappa shape index (κ3) is 4.60. The van der Waals surface area contributed by atoms with E-state index < -0.39 is 40.0 Å². The molecule has 1 aromatic rings. The van der Waals surface area contributed by atoms with Crippen molar-refractivity contribution in [3.05, 3.63) is 28.8 Å². The third-order valence-electron chi connectivity index (χ3n) is 2.42. The van der Waals surface area contributed by atoms with E-state index in [4.69, 9.17) is 16.7 Å². The Labute approximate surface area is 124 Å². The van der Waals surface area contributed by atoms with Gasteiger partial charge in [0.15, 0.2) is 0 Å². The number of aliphatic hydroxyl groups excluding tert-OH is 1. The van der Waals surface area contributed by atoms with E-state index in [1.54, 1.807) is 4.72 Å². The molecule has 1 atom stereocenters. The lowest BCUT2D eigenvalue weighted by molar-refractivity contribution is -0.000451. The number of alkyl halides is 2. The van der Waals surface area contributed by atoms with Gasteiger partial charge in [-0.05, 0) is 18.2 Å². The molecule has 1 rings (SSSR count). The van der Waals surface area contributed by atoms with Gasteiger partial charge in [0, 0.05) is 6.54 Å². The van der Waals surface area contributed by atoms with Gasteiger partial charge < -0.3 is 9.84 Å². The minimum Gasteiger partial charge on any atom is -0.465 e. The summed E-state index contributed by atoms with van der Waals surface area (Å²) in [5.74, 6) is -0.782. The number of hydrogen-bond acceptors (Lipinski definition) is 5. The summed E-state index contributed by atoms with van der Waals surface area (Å²) in [6.45, 7) is -0.890. The van der Waals surface area contributed by atoms with Crippen LogP contribution >= 0.6 is 11.6 Å². The van der Waals surface area contributed by atoms with E-state index in [0.717, 1.165) is 19.2 Å². The van der Waals surface area contributed by atoms with Crippen LogP contribution < -0.4 is 4.72 Å². The van der Waals surface area contributed by atoms with Crippen molar-refractivity contribution in [1.29, 1.82) is 0 Å². The second kappa shape index (κ2) is 7.12. The SMILES string of the molecule is COC(=O)c1ccc(Cl)c(S(=O)(=O)NCC(O)C(F)F)c1. The number of esters is 1. The number of benzene rings is 1. The molecule has 1 aromatic carbocycles. The van der Waals surface area contributed by atoms with Crippen molar-refractivity contribution in [3.63, 3.8) is 0 Å². The molecule has 1 unspecified atom stereocenters. The summed E-state index contributed by atoms with van der Waals surface area (Å²) < 4.78 is 54.4. The zero-order valence-electron chi connectivity index (χ0n) is 10.7. The molecule has 2 N–H and O–H groups in total. The molecule has 0 aliphatic heterocycles. The number of rotatable bonds is 6. The second-order valence-corrected chi connectivity index (χ2v) is 6.03. The minimum absolute atomic E-state index is 0.0725. The molecule has 21 heavy (non-hydrogen) atoms. The van der Waals surface area contributed by atoms with Crippen molar-refractivity contribution in [2.45, 2.75) is 17.4 Å². The fourth-order valence-electron chi connectivity index (χ4n) is 1.32. The smallest absolute Gasteiger partial charge is 0.337 e. The predicted molar refractivity (Wildman–Crippen MR) is 70.0 cm³/mol. The van der Waals surface area contributed by atoms with Crippen LogP contribution in [0.4, 0.5) is 8.78 Å². The zero-order valence-corrected chi connectivity index (χ0v) is 12.3. The van der Waals surface area contributed by atoms with E-state index in [-0.39, 0.29) is 10.6 Å². The predicted octanol–water partition coefficient (Wildman–Crippen LogP) is 1.03. The van der Waals surface area contributed by atoms with Crippen molar-refractivity contribution in [2.75, 3.05) is 13.7 Å². The maximum Gasteiger partial charge on any atom is 0.337 e. The molecular formula is C11H12ClF2NO5S. The minimum atomic E-state index is -4.27. The van der Waals surface area contributed by atoms with E-state index in [0.29, 0.717) is 0 Å². The van der Waals surface area contributed by atoms with Crippen molar-refractivity contribution < 1.29 is 31.8 Å². The Kier molecular flexibility index (Phi) is 6.02. The molecule has 0 aromatic heterocycles. The van der Waals surface area contributed by atoms with Gasteiger partial charge in [-0.15, -0.1) is 0 Å². The molecule has 10 heteroatoms. The first-order valence-corrected chi connectivity index (χ1v) is 7.39. The molecule has 118 valence electrons. The van der Waals surface area contributed by atoms with E-state index in [1.807, 2.05) is 0 Å². The molecule has 0 spiro atoms. The first kappa shape index (κ1) is 17.8. The summed E-state index contributed by atoms with van der Waals surface area (Å²) in [6.07, 6.45) is -5.24. The van der Waals surface area contributed by atoms with Crippen LogP contribution in [0.15, 0.2) is 23.1 Å². The maximum atomic E-state index is 12.1. The summed E-state index contributed by atoms with van der Waals surface area (Å²) in [5, 5.41) is 8.70. The number of aliphatic hydroxyl groups is 1. The number of carbonyl (C=O) groups is 1. The molecule has 0 saturated heterocycles. The topological polar surface area (TPSA) is 92.7 Å². The van der Waals surface area contributed by atoms with Crippen LogP contribution in [0.25, 0.3) is 0 Å². The largest absolute Gasteiger partial charge is 0.465 e. The van der Waals surface area contributed by atoms with Crippen LogP contribution in [0.3, 0.4) is 0 Å². The monoisotopic (exact) mass is 343 g/mol. The lowest BCUT2D eigenvalue weighted by atomic mass is 10.2. The fourth-order valence-corrected chi connectivity index (χ4v) is 2.89. The number of carbonyl (C=O) groups excluding carboxylic acids is 1. The maximum absolute atomic E-state index is 12.1. The van der Waals surface area contributed by atoms with Crippen LogP contribution in [0.1, 0.15) is 10.4 Å². The van der Waals surface area contributed by atoms with Gasteiger partial charge in [0.2, 0.25) is 10.0 Å². The molecule has 0 amide bonds. The molecule has 0 heterocycles. The summed E-state index contributed by atoms with van der Waals surface area (Å²) in [6, 6.07) is 3.36. The standard InChI is InChI=1S/C11H12ClF2NO5S/c1-20-11(17)6-2-3-7(12)9(4-6)21(18,19)15-5-8(16)10(13)14/h2-4,8,10,15-16H,5H2,1H3. The van der Waals surface area contributed by atoms with E-state index in [1.165, 1.54) is 6.07 Å². The average molecular weight is 344 g/mol. The molecule has 0 saturated carbocycles. The van der Waals surface area contributed by atoms with Gasteiger partial charge in [-0.3, -0.25) is 0 Å². The molecular weight excluding hydrogens is 332 g/mol. The highest BCUT2D eigenvalue weighted by Gasteiger charge is 2.24. The summed E-state index contributed by atoms with van der Waals surface area (Å²) in [5.41, 5.74) is -0.0725. The summed E-state index contributed by atoms with van der Waals surface area (Å²) >= 11 is 5.72. The summed E-state index contributed by atoms with van der Waals surface area (Å²) in [7, 11) is -3.15. The Bertz CT molecular complexity index is 623. The highest BCUT2D eigenvalue weighted by Crippen LogP contribution is 2.23. The van der Waals surface area contributed by atoms with Crippen LogP contribution in [0, 0.1) is 0 Å². The van der Waals surface area contributed by atoms with E-state index in [2.05, 4.69) is 4.74 Å². The van der Waals surface area contributed by atoms with Gasteiger partial charge in [-0.1, -0.05) is 11.6 Å². The molecule has 0 aliphatic carbocycles. The van der Waals surface area contributed by atoms with Crippen LogP contribution in [-0.2, 0) is 14.8 Å². The number of halogens is 3. The normalized spacial score (nSPS) is 13.2. The van der Waals surface area contributed by atoms with Crippen LogP contribution in [-0.4, -0.2) is 45.7 Å². The molecule has 0 aliphatic rings. The van der Waals surface area contributed by atoms with Gasteiger partial charge in [0.1, 0.15) is 11.0 Å². The Morgan fingerprint density at radius 3 is 2.62 bits per heavy atom. The Morgan fingerprint density at radius 2 is 2.10 bits per heavy atom. The number of methoxy groups -OCH3 is 1. The lowest BCUT2D eigenvalue weighted by Gasteiger charge is -2.12. The Balaban J connectivity index is 3.05. The fraction of sp³-hybridized carbons (Fsp3) is 0.364. The van der Waals surface area contributed by atoms with Gasteiger partial charge in [0.05, 0.1) is 17.7 Å².